The van der Waals surface area contributed by atoms with Crippen molar-refractivity contribution >= 4 is 11.6 Å². The molecule has 1 amide bonds. The third-order valence-electron chi connectivity index (χ3n) is 5.03. The zero-order valence-electron chi connectivity index (χ0n) is 16.0. The fraction of sp³-hybridized carbons (Fsp3) is 0.409. The van der Waals surface area contributed by atoms with Gasteiger partial charge in [-0.05, 0) is 56.0 Å². The Morgan fingerprint density at radius 1 is 0.964 bits per heavy atom. The zero-order chi connectivity index (χ0) is 19.3. The summed E-state index contributed by atoms with van der Waals surface area (Å²) in [5.74, 6) is 2.37. The van der Waals surface area contributed by atoms with E-state index in [4.69, 9.17) is 18.9 Å². The molecule has 0 unspecified atom stereocenters. The molecule has 0 aromatic heterocycles. The second-order valence-electron chi connectivity index (χ2n) is 7.06. The highest BCUT2D eigenvalue weighted by Gasteiger charge is 2.19. The second-order valence-corrected chi connectivity index (χ2v) is 7.06. The van der Waals surface area contributed by atoms with E-state index in [9.17, 15) is 4.79 Å². The van der Waals surface area contributed by atoms with E-state index in [1.54, 1.807) is 37.4 Å². The van der Waals surface area contributed by atoms with E-state index in [-0.39, 0.29) is 12.0 Å². The highest BCUT2D eigenvalue weighted by Crippen LogP contribution is 2.34. The van der Waals surface area contributed by atoms with Crippen molar-refractivity contribution in [2.45, 2.75) is 38.2 Å². The number of ether oxygens (including phenoxy) is 4. The lowest BCUT2D eigenvalue weighted by molar-refractivity contribution is 0.102. The lowest BCUT2D eigenvalue weighted by Gasteiger charge is -2.16. The SMILES string of the molecule is COc1cc(C(=O)Nc2ccc3c(c2)OCCCO3)ccc1OC1CCCC1. The first-order valence-electron chi connectivity index (χ1n) is 9.78. The summed E-state index contributed by atoms with van der Waals surface area (Å²) < 4.78 is 22.8. The van der Waals surface area contributed by atoms with Crippen molar-refractivity contribution in [1.82, 2.24) is 0 Å². The molecule has 0 spiro atoms. The summed E-state index contributed by atoms with van der Waals surface area (Å²) in [5.41, 5.74) is 1.15. The molecule has 0 bridgehead atoms. The van der Waals surface area contributed by atoms with E-state index in [1.165, 1.54) is 12.8 Å². The maximum Gasteiger partial charge on any atom is 0.255 e. The van der Waals surface area contributed by atoms with Crippen molar-refractivity contribution in [2.75, 3.05) is 25.6 Å². The molecular formula is C22H25NO5. The zero-order valence-corrected chi connectivity index (χ0v) is 16.0. The summed E-state index contributed by atoms with van der Waals surface area (Å²) in [6.07, 6.45) is 5.60. The summed E-state index contributed by atoms with van der Waals surface area (Å²) in [6.45, 7) is 1.23. The summed E-state index contributed by atoms with van der Waals surface area (Å²) in [7, 11) is 1.59. The van der Waals surface area contributed by atoms with Crippen LogP contribution >= 0.6 is 0 Å². The molecule has 1 aliphatic carbocycles. The Bertz CT molecular complexity index is 845. The molecule has 148 valence electrons. The van der Waals surface area contributed by atoms with Crippen LogP contribution < -0.4 is 24.3 Å². The van der Waals surface area contributed by atoms with Gasteiger partial charge in [0.15, 0.2) is 23.0 Å². The minimum absolute atomic E-state index is 0.222. The first kappa shape index (κ1) is 18.5. The van der Waals surface area contributed by atoms with Gasteiger partial charge in [0.2, 0.25) is 0 Å². The number of nitrogens with one attached hydrogen (secondary N) is 1. The van der Waals surface area contributed by atoms with Gasteiger partial charge in [0, 0.05) is 23.7 Å². The average molecular weight is 383 g/mol. The maximum atomic E-state index is 12.7. The van der Waals surface area contributed by atoms with Gasteiger partial charge >= 0.3 is 0 Å². The standard InChI is InChI=1S/C22H25NO5/c1-25-20-13-15(7-9-19(20)28-17-5-2-3-6-17)22(24)23-16-8-10-18-21(14-16)27-12-4-11-26-18/h7-10,13-14,17H,2-6,11-12H2,1H3,(H,23,24). The minimum Gasteiger partial charge on any atom is -0.493 e. The molecule has 6 heteroatoms. The highest BCUT2D eigenvalue weighted by atomic mass is 16.5. The van der Waals surface area contributed by atoms with Crippen molar-refractivity contribution in [2.24, 2.45) is 0 Å². The number of fused-ring (bicyclic) bond motifs is 1. The predicted octanol–water partition coefficient (Wildman–Crippen LogP) is 4.43. The van der Waals surface area contributed by atoms with Gasteiger partial charge in [0.05, 0.1) is 26.4 Å². The largest absolute Gasteiger partial charge is 0.493 e. The van der Waals surface area contributed by atoms with Gasteiger partial charge in [0.1, 0.15) is 0 Å². The number of hydrogen-bond donors (Lipinski definition) is 1. The topological polar surface area (TPSA) is 66.0 Å². The Balaban J connectivity index is 1.47. The third kappa shape index (κ3) is 4.16. The van der Waals surface area contributed by atoms with Gasteiger partial charge in [-0.3, -0.25) is 4.79 Å². The van der Waals surface area contributed by atoms with Crippen molar-refractivity contribution in [1.29, 1.82) is 0 Å². The molecule has 1 N–H and O–H groups in total. The van der Waals surface area contributed by atoms with Gasteiger partial charge in [-0.25, -0.2) is 0 Å². The number of carbonyl (C=O) groups excluding carboxylic acids is 1. The second kappa shape index (κ2) is 8.42. The molecule has 1 heterocycles. The number of rotatable bonds is 5. The number of amides is 1. The molecule has 6 nitrogen and oxygen atoms in total. The van der Waals surface area contributed by atoms with Gasteiger partial charge < -0.3 is 24.3 Å². The molecular weight excluding hydrogens is 358 g/mol. The molecule has 2 aromatic carbocycles. The van der Waals surface area contributed by atoms with Crippen molar-refractivity contribution in [3.8, 4) is 23.0 Å². The Labute approximate surface area is 164 Å². The van der Waals surface area contributed by atoms with E-state index in [1.807, 2.05) is 6.07 Å². The molecule has 2 aromatic rings. The van der Waals surface area contributed by atoms with Crippen LogP contribution in [0, 0.1) is 0 Å². The van der Waals surface area contributed by atoms with Crippen LogP contribution in [0.4, 0.5) is 5.69 Å². The Hall–Kier alpha value is -2.89. The third-order valence-corrected chi connectivity index (χ3v) is 5.03. The lowest BCUT2D eigenvalue weighted by atomic mass is 10.1. The smallest absolute Gasteiger partial charge is 0.255 e. The van der Waals surface area contributed by atoms with Crippen LogP contribution in [-0.4, -0.2) is 32.3 Å². The van der Waals surface area contributed by atoms with E-state index in [2.05, 4.69) is 5.32 Å². The van der Waals surface area contributed by atoms with E-state index in [0.717, 1.165) is 19.3 Å². The van der Waals surface area contributed by atoms with Crippen LogP contribution in [-0.2, 0) is 0 Å². The van der Waals surface area contributed by atoms with Gasteiger partial charge in [-0.1, -0.05) is 0 Å². The summed E-state index contributed by atoms with van der Waals surface area (Å²) in [4.78, 5) is 12.7. The molecule has 1 fully saturated rings. The number of hydrogen-bond acceptors (Lipinski definition) is 5. The summed E-state index contributed by atoms with van der Waals surface area (Å²) >= 11 is 0. The molecule has 1 aliphatic heterocycles. The number of methoxy groups -OCH3 is 1. The average Bonchev–Trinajstić information content (AvgIpc) is 3.11. The molecule has 0 atom stereocenters. The van der Waals surface area contributed by atoms with E-state index >= 15 is 0 Å². The predicted molar refractivity (Wildman–Crippen MR) is 106 cm³/mol. The van der Waals surface area contributed by atoms with Crippen LogP contribution in [0.15, 0.2) is 36.4 Å². The quantitative estimate of drug-likeness (QED) is 0.827. The first-order valence-corrected chi connectivity index (χ1v) is 9.78. The Kier molecular flexibility index (Phi) is 5.55. The first-order chi connectivity index (χ1) is 13.7. The van der Waals surface area contributed by atoms with Gasteiger partial charge in [-0.2, -0.15) is 0 Å². The van der Waals surface area contributed by atoms with E-state index in [0.29, 0.717) is 47.5 Å². The summed E-state index contributed by atoms with van der Waals surface area (Å²) in [5, 5.41) is 2.90. The highest BCUT2D eigenvalue weighted by molar-refractivity contribution is 6.04. The van der Waals surface area contributed by atoms with Crippen LogP contribution in [0.5, 0.6) is 23.0 Å². The fourth-order valence-electron chi connectivity index (χ4n) is 3.54. The van der Waals surface area contributed by atoms with Crippen LogP contribution in [0.1, 0.15) is 42.5 Å². The number of carbonyl (C=O) groups is 1. The Morgan fingerprint density at radius 2 is 1.75 bits per heavy atom. The van der Waals surface area contributed by atoms with Crippen molar-refractivity contribution in [3.63, 3.8) is 0 Å². The fourth-order valence-corrected chi connectivity index (χ4v) is 3.54. The molecule has 0 saturated heterocycles. The molecule has 2 aliphatic rings. The van der Waals surface area contributed by atoms with Crippen LogP contribution in [0.2, 0.25) is 0 Å². The van der Waals surface area contributed by atoms with Crippen LogP contribution in [0.25, 0.3) is 0 Å². The van der Waals surface area contributed by atoms with E-state index < -0.39 is 0 Å². The lowest BCUT2D eigenvalue weighted by Crippen LogP contribution is -2.14. The van der Waals surface area contributed by atoms with Crippen LogP contribution in [0.3, 0.4) is 0 Å². The van der Waals surface area contributed by atoms with Crippen molar-refractivity contribution < 1.29 is 23.7 Å². The monoisotopic (exact) mass is 383 g/mol. The van der Waals surface area contributed by atoms with Crippen molar-refractivity contribution in [3.05, 3.63) is 42.0 Å². The summed E-state index contributed by atoms with van der Waals surface area (Å²) in [6, 6.07) is 10.7. The number of benzene rings is 2. The van der Waals surface area contributed by atoms with Gasteiger partial charge in [0.25, 0.3) is 5.91 Å². The molecule has 4 rings (SSSR count). The minimum atomic E-state index is -0.222. The maximum absolute atomic E-state index is 12.7. The Morgan fingerprint density at radius 3 is 2.54 bits per heavy atom. The molecule has 0 radical (unpaired) electrons. The molecule has 1 saturated carbocycles. The molecule has 28 heavy (non-hydrogen) atoms. The normalized spacial score (nSPS) is 16.3. The van der Waals surface area contributed by atoms with Gasteiger partial charge in [-0.15, -0.1) is 0 Å². The number of anilines is 1.